The number of nitrogen functional groups attached to an aromatic ring is 1. The third kappa shape index (κ3) is 18.1. The zero-order valence-electron chi connectivity index (χ0n) is 36.0. The van der Waals surface area contributed by atoms with Crippen molar-refractivity contribution in [2.24, 2.45) is 0 Å². The van der Waals surface area contributed by atoms with E-state index in [0.717, 1.165) is 0 Å². The maximum Gasteiger partial charge on any atom is 0.326 e. The van der Waals surface area contributed by atoms with Gasteiger partial charge in [0.1, 0.15) is 6.04 Å². The number of benzene rings is 2. The molecule has 3 amide bonds. The van der Waals surface area contributed by atoms with Crippen molar-refractivity contribution in [3.63, 3.8) is 0 Å². The minimum atomic E-state index is -1.39. The second-order valence-corrected chi connectivity index (χ2v) is 15.3. The topological polar surface area (TPSA) is 359 Å². The molecule has 360 valence electrons. The Balaban J connectivity index is 0.00000980. The van der Waals surface area contributed by atoms with Gasteiger partial charge in [0.05, 0.1) is 44.6 Å². The molecular weight excluding hydrogens is 1020 g/mol. The fourth-order valence-electron chi connectivity index (χ4n) is 6.81. The van der Waals surface area contributed by atoms with Gasteiger partial charge in [-0.1, -0.05) is 0 Å². The maximum absolute atomic E-state index is 13.2. The molecule has 0 radical (unpaired) electrons. The monoisotopic (exact) mass is 1080 g/mol. The van der Waals surface area contributed by atoms with Crippen LogP contribution in [0.25, 0.3) is 11.2 Å². The second kappa shape index (κ2) is 26.2. The summed E-state index contributed by atoms with van der Waals surface area (Å²) in [5.74, 6) is -6.22. The van der Waals surface area contributed by atoms with E-state index in [-0.39, 0.29) is 161 Å². The number of rotatable bonds is 19. The molecule has 1 saturated heterocycles. The van der Waals surface area contributed by atoms with Crippen molar-refractivity contribution in [2.45, 2.75) is 25.4 Å². The van der Waals surface area contributed by atoms with Crippen molar-refractivity contribution in [3.05, 3.63) is 76.3 Å². The van der Waals surface area contributed by atoms with Crippen LogP contribution in [-0.4, -0.2) is 186 Å². The normalized spacial score (nSPS) is 14.9. The summed E-state index contributed by atoms with van der Waals surface area (Å²) in [4.78, 5) is 119. The number of amides is 3. The van der Waals surface area contributed by atoms with Gasteiger partial charge in [0.15, 0.2) is 11.2 Å². The third-order valence-corrected chi connectivity index (χ3v) is 10.2. The van der Waals surface area contributed by atoms with Crippen molar-refractivity contribution >= 4 is 75.8 Å². The predicted molar refractivity (Wildman–Crippen MR) is 237 cm³/mol. The van der Waals surface area contributed by atoms with Crippen LogP contribution in [0.1, 0.15) is 28.9 Å². The summed E-state index contributed by atoms with van der Waals surface area (Å²) in [5, 5.41) is 49.0. The van der Waals surface area contributed by atoms with Crippen molar-refractivity contribution in [1.82, 2.24) is 44.9 Å². The molecular formula is C41H51GdN13O12. The summed E-state index contributed by atoms with van der Waals surface area (Å²) in [5.41, 5.74) is 7.08. The summed E-state index contributed by atoms with van der Waals surface area (Å²) < 4.78 is 0. The molecule has 11 N–H and O–H groups in total. The Hall–Kier alpha value is -6.29. The van der Waals surface area contributed by atoms with Crippen LogP contribution < -0.4 is 32.6 Å². The maximum atomic E-state index is 13.2. The number of fused-ring (bicyclic) bond motifs is 1. The smallest absolute Gasteiger partial charge is 0.326 e. The molecule has 1 aliphatic heterocycles. The van der Waals surface area contributed by atoms with E-state index in [1.807, 2.05) is 0 Å². The number of H-pyrrole nitrogens is 1. The Morgan fingerprint density at radius 2 is 1.12 bits per heavy atom. The molecule has 26 heteroatoms. The Morgan fingerprint density at radius 1 is 0.657 bits per heavy atom. The minimum absolute atomic E-state index is 0. The molecule has 3 heterocycles. The first-order valence-corrected chi connectivity index (χ1v) is 20.6. The van der Waals surface area contributed by atoms with Crippen LogP contribution >= 0.6 is 0 Å². The summed E-state index contributed by atoms with van der Waals surface area (Å²) in [7, 11) is 0. The standard InChI is InChI=1S/C41H51N13O12.Gd/c42-41-49-37-36(39(64)50-41)47-29(20-44-37)19-43-26-3-1-25(2-4-26)38(63)48-30(40(65)66)9-10-31(55)45-27-5-7-28(8-6-27)46-32(56)21-51-11-13-52(22-33(57)58)15-17-54(24-35(61)62)18-16-53(14-12-51)23-34(59)60;/h1-8,20,30,43H,9-19,21-24H2,(H,45,55)(H,46,56)(H,48,63)(H,57,58)(H,59,60)(H,61,62)(H,65,66)(H3,42,44,49,50,64);/t30-;/m0./s1. The number of aromatic amines is 1. The van der Waals surface area contributed by atoms with Crippen LogP contribution in [0, 0.1) is 39.9 Å². The van der Waals surface area contributed by atoms with Gasteiger partial charge in [0.2, 0.25) is 17.8 Å². The van der Waals surface area contributed by atoms with Crippen molar-refractivity contribution in [1.29, 1.82) is 0 Å². The average molecular weight is 1080 g/mol. The number of nitrogens with one attached hydrogen (secondary N) is 5. The van der Waals surface area contributed by atoms with Crippen LogP contribution in [0.5, 0.6) is 0 Å². The molecule has 1 aliphatic rings. The molecule has 0 aliphatic carbocycles. The van der Waals surface area contributed by atoms with Crippen LogP contribution in [0.4, 0.5) is 23.0 Å². The van der Waals surface area contributed by atoms with E-state index in [1.165, 1.54) is 30.5 Å². The van der Waals surface area contributed by atoms with Crippen molar-refractivity contribution < 1.29 is 93.9 Å². The Kier molecular flexibility index (Phi) is 20.8. The summed E-state index contributed by atoms with van der Waals surface area (Å²) in [6.45, 7) is 1.15. The Bertz CT molecular complexity index is 2410. The number of nitrogens with zero attached hydrogens (tertiary/aromatic N) is 7. The fourth-order valence-corrected chi connectivity index (χ4v) is 6.81. The SMILES string of the molecule is Nc1nc2ncc(CNc3ccc(C(=O)N[C@@H](CCC(=O)Nc4ccc(NC(=O)CN5CCN(CC(=O)O)CCN(CC(=O)O)CCN(CC(=O)O)CC5)cc4)C(=O)O)cc3)nc2c(=O)[nH]1.[Gd]. The summed E-state index contributed by atoms with van der Waals surface area (Å²) in [6, 6.07) is 10.9. The van der Waals surface area contributed by atoms with Crippen LogP contribution in [0.15, 0.2) is 59.5 Å². The van der Waals surface area contributed by atoms with E-state index in [4.69, 9.17) is 5.73 Å². The molecule has 4 aromatic rings. The van der Waals surface area contributed by atoms with E-state index >= 15 is 0 Å². The Morgan fingerprint density at radius 3 is 1.60 bits per heavy atom. The van der Waals surface area contributed by atoms with E-state index in [9.17, 15) is 58.8 Å². The molecule has 0 saturated carbocycles. The van der Waals surface area contributed by atoms with Gasteiger partial charge in [0, 0.05) is 121 Å². The number of carbonyl (C=O) groups is 7. The van der Waals surface area contributed by atoms with Gasteiger partial charge in [-0.25, -0.2) is 14.8 Å². The van der Waals surface area contributed by atoms with Gasteiger partial charge in [-0.15, -0.1) is 0 Å². The van der Waals surface area contributed by atoms with Gasteiger partial charge >= 0.3 is 23.9 Å². The number of aromatic nitrogens is 4. The first-order valence-electron chi connectivity index (χ1n) is 20.6. The van der Waals surface area contributed by atoms with E-state index < -0.39 is 53.2 Å². The fraction of sp³-hybridized carbons (Fsp3) is 0.390. The molecule has 5 rings (SSSR count). The largest absolute Gasteiger partial charge is 0.480 e. The number of hydrogen-bond donors (Lipinski definition) is 10. The molecule has 67 heavy (non-hydrogen) atoms. The zero-order chi connectivity index (χ0) is 47.8. The summed E-state index contributed by atoms with van der Waals surface area (Å²) >= 11 is 0. The molecule has 1 fully saturated rings. The molecule has 0 unspecified atom stereocenters. The van der Waals surface area contributed by atoms with Crippen molar-refractivity contribution in [3.8, 4) is 0 Å². The number of nitrogens with two attached hydrogens (primary N) is 1. The molecule has 2 aromatic carbocycles. The van der Waals surface area contributed by atoms with Gasteiger partial charge < -0.3 is 47.4 Å². The number of anilines is 4. The van der Waals surface area contributed by atoms with Gasteiger partial charge in [0.25, 0.3) is 11.5 Å². The molecule has 1 atom stereocenters. The van der Waals surface area contributed by atoms with E-state index in [1.54, 1.807) is 43.9 Å². The van der Waals surface area contributed by atoms with Gasteiger partial charge in [-0.3, -0.25) is 58.1 Å². The van der Waals surface area contributed by atoms with Gasteiger partial charge in [-0.2, -0.15) is 4.98 Å². The number of aliphatic carboxylic acids is 4. The zero-order valence-corrected chi connectivity index (χ0v) is 38.3. The molecule has 0 bridgehead atoms. The quantitative estimate of drug-likeness (QED) is 0.0534. The van der Waals surface area contributed by atoms with Gasteiger partial charge in [-0.05, 0) is 55.0 Å². The predicted octanol–water partition coefficient (Wildman–Crippen LogP) is -1.08. The second-order valence-electron chi connectivity index (χ2n) is 15.3. The van der Waals surface area contributed by atoms with Crippen molar-refractivity contribution in [2.75, 3.05) is 100 Å². The first-order chi connectivity index (χ1) is 31.5. The number of carboxylic acid groups (broad SMARTS) is 4. The van der Waals surface area contributed by atoms with Crippen LogP contribution in [0.2, 0.25) is 0 Å². The van der Waals surface area contributed by atoms with E-state index in [2.05, 4.69) is 41.2 Å². The molecule has 25 nitrogen and oxygen atoms in total. The van der Waals surface area contributed by atoms with E-state index in [0.29, 0.717) is 22.8 Å². The van der Waals surface area contributed by atoms with Crippen LogP contribution in [0.3, 0.4) is 0 Å². The Labute approximate surface area is 414 Å². The minimum Gasteiger partial charge on any atom is -0.480 e. The first kappa shape index (κ1) is 53.3. The number of carboxylic acids is 4. The molecule has 2 aromatic heterocycles. The number of hydrogen-bond acceptors (Lipinski definition) is 17. The third-order valence-electron chi connectivity index (χ3n) is 10.2. The average Bonchev–Trinajstić information content (AvgIpc) is 3.25. The molecule has 0 spiro atoms. The number of carbonyl (C=O) groups excluding carboxylic acids is 3. The summed E-state index contributed by atoms with van der Waals surface area (Å²) in [6.07, 6.45) is 0.961. The van der Waals surface area contributed by atoms with Crippen LogP contribution in [-0.2, 0) is 35.3 Å².